The summed E-state index contributed by atoms with van der Waals surface area (Å²) < 4.78 is 38.5. The number of anilines is 2. The van der Waals surface area contributed by atoms with Crippen molar-refractivity contribution in [3.05, 3.63) is 28.8 Å². The fourth-order valence-electron chi connectivity index (χ4n) is 3.41. The summed E-state index contributed by atoms with van der Waals surface area (Å²) in [5, 5.41) is 3.47. The largest absolute Gasteiger partial charge is 0.495 e. The fraction of sp³-hybridized carbons (Fsp3) is 0.389. The Morgan fingerprint density at radius 3 is 2.41 bits per heavy atom. The van der Waals surface area contributed by atoms with Crippen LogP contribution in [0.15, 0.2) is 18.5 Å². The lowest BCUT2D eigenvalue weighted by Crippen LogP contribution is -2.37. The van der Waals surface area contributed by atoms with Gasteiger partial charge in [-0.15, -0.1) is 0 Å². The van der Waals surface area contributed by atoms with Crippen molar-refractivity contribution < 1.29 is 18.3 Å². The first-order valence-corrected chi connectivity index (χ1v) is 9.50. The third-order valence-electron chi connectivity index (χ3n) is 4.77. The first kappa shape index (κ1) is 19.9. The van der Waals surface area contributed by atoms with E-state index in [9.17, 15) is 8.78 Å². The molecule has 0 saturated heterocycles. The van der Waals surface area contributed by atoms with E-state index in [1.165, 1.54) is 14.2 Å². The Morgan fingerprint density at radius 2 is 1.83 bits per heavy atom. The van der Waals surface area contributed by atoms with Crippen molar-refractivity contribution >= 4 is 45.9 Å². The Bertz CT molecular complexity index is 1040. The molecular formula is C18H17Cl2F2N5O2. The van der Waals surface area contributed by atoms with E-state index in [-0.39, 0.29) is 24.0 Å². The van der Waals surface area contributed by atoms with E-state index in [1.807, 2.05) is 0 Å². The normalized spacial score (nSPS) is 15.9. The van der Waals surface area contributed by atoms with Crippen LogP contribution in [0.25, 0.3) is 11.2 Å². The predicted molar refractivity (Wildman–Crippen MR) is 106 cm³/mol. The van der Waals surface area contributed by atoms with Gasteiger partial charge >= 0.3 is 0 Å². The third-order valence-corrected chi connectivity index (χ3v) is 5.32. The molecule has 0 bridgehead atoms. The summed E-state index contributed by atoms with van der Waals surface area (Å²) in [6.45, 7) is 0.390. The maximum atomic E-state index is 13.1. The third kappa shape index (κ3) is 3.89. The fourth-order valence-corrected chi connectivity index (χ4v) is 3.84. The van der Waals surface area contributed by atoms with Crippen LogP contribution < -0.4 is 14.8 Å². The molecule has 1 saturated carbocycles. The Labute approximate surface area is 175 Å². The first-order chi connectivity index (χ1) is 13.8. The SMILES string of the molecule is COc1cc(Nc2nc(Cl)nc3c2ncn3CC2CC(F)(F)C2)cc(OC)c1Cl. The molecule has 4 rings (SSSR count). The highest BCUT2D eigenvalue weighted by atomic mass is 35.5. The number of fused-ring (bicyclic) bond motifs is 1. The maximum Gasteiger partial charge on any atom is 0.248 e. The van der Waals surface area contributed by atoms with Gasteiger partial charge in [-0.3, -0.25) is 0 Å². The van der Waals surface area contributed by atoms with Gasteiger partial charge in [-0.25, -0.2) is 13.8 Å². The highest BCUT2D eigenvalue weighted by molar-refractivity contribution is 6.33. The molecule has 29 heavy (non-hydrogen) atoms. The second-order valence-electron chi connectivity index (χ2n) is 6.86. The molecule has 0 atom stereocenters. The molecule has 0 spiro atoms. The number of alkyl halides is 2. The van der Waals surface area contributed by atoms with E-state index in [1.54, 1.807) is 23.0 Å². The molecule has 1 aliphatic carbocycles. The summed E-state index contributed by atoms with van der Waals surface area (Å²) in [6, 6.07) is 3.36. The summed E-state index contributed by atoms with van der Waals surface area (Å²) in [5.41, 5.74) is 1.52. The van der Waals surface area contributed by atoms with E-state index >= 15 is 0 Å². The molecule has 2 aromatic heterocycles. The minimum atomic E-state index is -2.58. The number of halogens is 4. The summed E-state index contributed by atoms with van der Waals surface area (Å²) in [7, 11) is 2.99. The van der Waals surface area contributed by atoms with E-state index < -0.39 is 5.92 Å². The van der Waals surface area contributed by atoms with Crippen molar-refractivity contribution in [3.63, 3.8) is 0 Å². The summed E-state index contributed by atoms with van der Waals surface area (Å²) in [4.78, 5) is 12.8. The van der Waals surface area contributed by atoms with Crippen LogP contribution in [0.3, 0.4) is 0 Å². The molecule has 1 aromatic carbocycles. The van der Waals surface area contributed by atoms with Crippen LogP contribution >= 0.6 is 23.2 Å². The Hall–Kier alpha value is -2.39. The zero-order chi connectivity index (χ0) is 20.8. The zero-order valence-corrected chi connectivity index (χ0v) is 17.1. The van der Waals surface area contributed by atoms with E-state index in [0.29, 0.717) is 45.7 Å². The minimum Gasteiger partial charge on any atom is -0.495 e. The summed E-state index contributed by atoms with van der Waals surface area (Å²) in [6.07, 6.45) is 1.28. The van der Waals surface area contributed by atoms with Gasteiger partial charge in [0.15, 0.2) is 17.0 Å². The van der Waals surface area contributed by atoms with Crippen molar-refractivity contribution in [2.24, 2.45) is 5.92 Å². The highest BCUT2D eigenvalue weighted by Gasteiger charge is 2.45. The molecule has 0 amide bonds. The van der Waals surface area contributed by atoms with Gasteiger partial charge < -0.3 is 19.4 Å². The van der Waals surface area contributed by atoms with Crippen LogP contribution in [0, 0.1) is 5.92 Å². The number of nitrogens with one attached hydrogen (secondary N) is 1. The van der Waals surface area contributed by atoms with Gasteiger partial charge in [0.05, 0.1) is 20.5 Å². The Kier molecular flexibility index (Phi) is 5.12. The van der Waals surface area contributed by atoms with E-state index in [4.69, 9.17) is 32.7 Å². The van der Waals surface area contributed by atoms with Crippen LogP contribution in [-0.4, -0.2) is 39.7 Å². The number of nitrogens with zero attached hydrogens (tertiary/aromatic N) is 4. The van der Waals surface area contributed by atoms with Crippen molar-refractivity contribution in [2.75, 3.05) is 19.5 Å². The molecule has 1 aliphatic rings. The van der Waals surface area contributed by atoms with Crippen molar-refractivity contribution in [1.29, 1.82) is 0 Å². The van der Waals surface area contributed by atoms with Gasteiger partial charge in [-0.2, -0.15) is 9.97 Å². The lowest BCUT2D eigenvalue weighted by Gasteiger charge is -2.34. The van der Waals surface area contributed by atoms with Crippen LogP contribution in [-0.2, 0) is 6.54 Å². The number of imidazole rings is 1. The van der Waals surface area contributed by atoms with Gasteiger partial charge in [0.1, 0.15) is 16.5 Å². The van der Waals surface area contributed by atoms with E-state index in [0.717, 1.165) is 0 Å². The molecule has 2 heterocycles. The minimum absolute atomic E-state index is 0.00795. The molecule has 0 unspecified atom stereocenters. The molecule has 11 heteroatoms. The molecule has 1 fully saturated rings. The number of rotatable bonds is 6. The standard InChI is InChI=1S/C18H17Cl2F2N5O2/c1-28-11-3-10(4-12(29-2)13(11)19)24-15-14-16(26-17(20)25-15)27(8-23-14)7-9-5-18(21,22)6-9/h3-4,8-9H,5-7H2,1-2H3,(H,24,25,26). The van der Waals surface area contributed by atoms with Gasteiger partial charge in [0.25, 0.3) is 0 Å². The second-order valence-corrected chi connectivity index (χ2v) is 7.58. The Morgan fingerprint density at radius 1 is 1.17 bits per heavy atom. The molecule has 7 nitrogen and oxygen atoms in total. The first-order valence-electron chi connectivity index (χ1n) is 8.74. The monoisotopic (exact) mass is 443 g/mol. The molecule has 0 radical (unpaired) electrons. The molecule has 1 N–H and O–H groups in total. The predicted octanol–water partition coefficient (Wildman–Crippen LogP) is 4.94. The smallest absolute Gasteiger partial charge is 0.248 e. The van der Waals surface area contributed by atoms with E-state index in [2.05, 4.69) is 20.3 Å². The van der Waals surface area contributed by atoms with Gasteiger partial charge in [0, 0.05) is 37.2 Å². The molecule has 0 aliphatic heterocycles. The van der Waals surface area contributed by atoms with Crippen molar-refractivity contribution in [1.82, 2.24) is 19.5 Å². The van der Waals surface area contributed by atoms with Crippen LogP contribution in [0.4, 0.5) is 20.3 Å². The van der Waals surface area contributed by atoms with Crippen molar-refractivity contribution in [2.45, 2.75) is 25.3 Å². The number of ether oxygens (including phenoxy) is 2. The zero-order valence-electron chi connectivity index (χ0n) is 15.5. The van der Waals surface area contributed by atoms with Crippen LogP contribution in [0.2, 0.25) is 10.3 Å². The average Bonchev–Trinajstić information content (AvgIpc) is 3.04. The number of hydrogen-bond acceptors (Lipinski definition) is 6. The highest BCUT2D eigenvalue weighted by Crippen LogP contribution is 2.43. The number of hydrogen-bond donors (Lipinski definition) is 1. The Balaban J connectivity index is 1.66. The molecular weight excluding hydrogens is 427 g/mol. The average molecular weight is 444 g/mol. The van der Waals surface area contributed by atoms with Gasteiger partial charge in [0.2, 0.25) is 11.2 Å². The maximum absolute atomic E-state index is 13.1. The molecule has 3 aromatic rings. The number of benzene rings is 1. The van der Waals surface area contributed by atoms with Crippen molar-refractivity contribution in [3.8, 4) is 11.5 Å². The van der Waals surface area contributed by atoms with Gasteiger partial charge in [-0.05, 0) is 17.5 Å². The number of aromatic nitrogens is 4. The summed E-state index contributed by atoms with van der Waals surface area (Å²) in [5.74, 6) is -1.50. The lowest BCUT2D eigenvalue weighted by atomic mass is 9.81. The van der Waals surface area contributed by atoms with Crippen LogP contribution in [0.5, 0.6) is 11.5 Å². The molecule has 154 valence electrons. The topological polar surface area (TPSA) is 74.1 Å². The second kappa shape index (κ2) is 7.46. The lowest BCUT2D eigenvalue weighted by molar-refractivity contribution is -0.113. The van der Waals surface area contributed by atoms with Gasteiger partial charge in [-0.1, -0.05) is 11.6 Å². The summed E-state index contributed by atoms with van der Waals surface area (Å²) >= 11 is 12.3. The van der Waals surface area contributed by atoms with Crippen LogP contribution in [0.1, 0.15) is 12.8 Å². The number of methoxy groups -OCH3 is 2. The quantitative estimate of drug-likeness (QED) is 0.543.